The van der Waals surface area contributed by atoms with Crippen molar-refractivity contribution >= 4 is 29.0 Å². The highest BCUT2D eigenvalue weighted by molar-refractivity contribution is 6.32. The van der Waals surface area contributed by atoms with Gasteiger partial charge in [-0.05, 0) is 0 Å². The molecule has 0 aliphatic carbocycles. The molecule has 0 bridgehead atoms. The smallest absolute Gasteiger partial charge is 0.351 e. The van der Waals surface area contributed by atoms with Crippen LogP contribution in [0.15, 0.2) is 11.0 Å². The van der Waals surface area contributed by atoms with E-state index in [1.807, 2.05) is 0 Å². The summed E-state index contributed by atoms with van der Waals surface area (Å²) in [4.78, 5) is 15.2. The number of anilines is 1. The number of rotatable bonds is 2. The first-order valence-corrected chi connectivity index (χ1v) is 5.89. The Kier molecular flexibility index (Phi) is 3.79. The molecule has 1 saturated heterocycles. The number of aliphatic hydroxyl groups is 2. The zero-order valence-corrected chi connectivity index (χ0v) is 10.5. The average molecular weight is 296 g/mol. The quantitative estimate of drug-likeness (QED) is 0.625. The van der Waals surface area contributed by atoms with Crippen molar-refractivity contribution in [2.24, 2.45) is 0 Å². The first kappa shape index (κ1) is 13.6. The fourth-order valence-electron chi connectivity index (χ4n) is 1.72. The first-order valence-electron chi connectivity index (χ1n) is 5.08. The maximum Gasteiger partial charge on any atom is 0.351 e. The highest BCUT2D eigenvalue weighted by atomic mass is 35.5. The Bertz CT molecular complexity index is 509. The molecule has 1 aliphatic rings. The van der Waals surface area contributed by atoms with Crippen LogP contribution in [0, 0.1) is 0 Å². The number of hydrogen-bond acceptors (Lipinski definition) is 6. The van der Waals surface area contributed by atoms with Gasteiger partial charge in [0.15, 0.2) is 6.23 Å². The standard InChI is InChI=1S/C9H11Cl2N3O4/c10-3-1-14(9(17)13-7(3)12)8-5(11)6(16)4(2-15)18-8/h1,4-6,8,15-16H,2H2,(H2,12,13,17)/t4-,5+,6-,8-/m1/s1. The predicted molar refractivity (Wildman–Crippen MR) is 64.6 cm³/mol. The highest BCUT2D eigenvalue weighted by Crippen LogP contribution is 2.32. The van der Waals surface area contributed by atoms with Crippen molar-refractivity contribution in [2.45, 2.75) is 23.8 Å². The Balaban J connectivity index is 2.39. The van der Waals surface area contributed by atoms with Crippen molar-refractivity contribution in [1.82, 2.24) is 9.55 Å². The van der Waals surface area contributed by atoms with Gasteiger partial charge < -0.3 is 20.7 Å². The lowest BCUT2D eigenvalue weighted by Crippen LogP contribution is -2.33. The summed E-state index contributed by atoms with van der Waals surface area (Å²) in [6, 6.07) is 0. The SMILES string of the molecule is Nc1nc(=O)n([C@@H]2O[C@H](CO)[C@@H](O)[C@@H]2Cl)cc1Cl. The van der Waals surface area contributed by atoms with Crippen LogP contribution in [-0.2, 0) is 4.74 Å². The molecule has 4 atom stereocenters. The van der Waals surface area contributed by atoms with Crippen LogP contribution in [0.3, 0.4) is 0 Å². The molecule has 1 aromatic heterocycles. The van der Waals surface area contributed by atoms with Gasteiger partial charge in [-0.2, -0.15) is 4.98 Å². The Morgan fingerprint density at radius 3 is 2.83 bits per heavy atom. The van der Waals surface area contributed by atoms with Crippen molar-refractivity contribution in [3.63, 3.8) is 0 Å². The average Bonchev–Trinajstić information content (AvgIpc) is 2.61. The Labute approximate surface area is 112 Å². The van der Waals surface area contributed by atoms with Gasteiger partial charge in [-0.15, -0.1) is 11.6 Å². The fourth-order valence-corrected chi connectivity index (χ4v) is 2.21. The summed E-state index contributed by atoms with van der Waals surface area (Å²) < 4.78 is 6.33. The van der Waals surface area contributed by atoms with Gasteiger partial charge in [0.1, 0.15) is 23.4 Å². The van der Waals surface area contributed by atoms with Crippen LogP contribution in [0.25, 0.3) is 0 Å². The summed E-state index contributed by atoms with van der Waals surface area (Å²) in [5, 5.41) is 17.9. The number of aromatic nitrogens is 2. The van der Waals surface area contributed by atoms with E-state index >= 15 is 0 Å². The van der Waals surface area contributed by atoms with Crippen molar-refractivity contribution in [1.29, 1.82) is 0 Å². The van der Waals surface area contributed by atoms with E-state index in [2.05, 4.69) is 4.98 Å². The second-order valence-electron chi connectivity index (χ2n) is 3.85. The molecule has 0 radical (unpaired) electrons. The topological polar surface area (TPSA) is 111 Å². The number of nitrogens with zero attached hydrogens (tertiary/aromatic N) is 2. The van der Waals surface area contributed by atoms with Gasteiger partial charge in [0.25, 0.3) is 0 Å². The van der Waals surface area contributed by atoms with Gasteiger partial charge in [-0.25, -0.2) is 4.79 Å². The van der Waals surface area contributed by atoms with Crippen molar-refractivity contribution < 1.29 is 14.9 Å². The predicted octanol–water partition coefficient (Wildman–Crippen LogP) is -0.663. The lowest BCUT2D eigenvalue weighted by atomic mass is 10.2. The molecule has 0 spiro atoms. The van der Waals surface area contributed by atoms with E-state index in [9.17, 15) is 9.90 Å². The first-order chi connectivity index (χ1) is 8.45. The summed E-state index contributed by atoms with van der Waals surface area (Å²) in [5.74, 6) is -0.0960. The molecule has 18 heavy (non-hydrogen) atoms. The third-order valence-electron chi connectivity index (χ3n) is 2.68. The molecule has 2 rings (SSSR count). The molecule has 4 N–H and O–H groups in total. The molecule has 1 aromatic rings. The minimum Gasteiger partial charge on any atom is -0.394 e. The van der Waals surface area contributed by atoms with Gasteiger partial charge in [0.05, 0.1) is 11.6 Å². The molecule has 7 nitrogen and oxygen atoms in total. The van der Waals surface area contributed by atoms with E-state index in [4.69, 9.17) is 38.8 Å². The zero-order valence-electron chi connectivity index (χ0n) is 9.03. The van der Waals surface area contributed by atoms with Gasteiger partial charge in [-0.3, -0.25) is 4.57 Å². The molecule has 9 heteroatoms. The molecule has 1 fully saturated rings. The normalized spacial score (nSPS) is 31.8. The number of hydrogen-bond donors (Lipinski definition) is 3. The number of halogens is 2. The molecule has 100 valence electrons. The molecule has 0 unspecified atom stereocenters. The fraction of sp³-hybridized carbons (Fsp3) is 0.556. The van der Waals surface area contributed by atoms with E-state index in [0.29, 0.717) is 0 Å². The Hall–Kier alpha value is -0.860. The van der Waals surface area contributed by atoms with Crippen molar-refractivity contribution in [3.8, 4) is 0 Å². The van der Waals surface area contributed by atoms with Crippen LogP contribution in [0.5, 0.6) is 0 Å². The van der Waals surface area contributed by atoms with Crippen molar-refractivity contribution in [2.75, 3.05) is 12.3 Å². The number of nitrogen functional groups attached to an aromatic ring is 1. The second kappa shape index (κ2) is 5.02. The monoisotopic (exact) mass is 295 g/mol. The minimum absolute atomic E-state index is 0.0732. The van der Waals surface area contributed by atoms with E-state index in [1.54, 1.807) is 0 Å². The number of alkyl halides is 1. The van der Waals surface area contributed by atoms with Crippen LogP contribution in [0.2, 0.25) is 5.02 Å². The van der Waals surface area contributed by atoms with E-state index in [1.165, 1.54) is 6.20 Å². The van der Waals surface area contributed by atoms with Gasteiger partial charge in [0.2, 0.25) is 0 Å². The number of aliphatic hydroxyl groups excluding tert-OH is 2. The Morgan fingerprint density at radius 1 is 1.61 bits per heavy atom. The maximum absolute atomic E-state index is 11.7. The Morgan fingerprint density at radius 2 is 2.28 bits per heavy atom. The van der Waals surface area contributed by atoms with Gasteiger partial charge in [0, 0.05) is 6.20 Å². The van der Waals surface area contributed by atoms with Crippen LogP contribution in [-0.4, -0.2) is 44.0 Å². The van der Waals surface area contributed by atoms with Crippen molar-refractivity contribution in [3.05, 3.63) is 21.7 Å². The zero-order chi connectivity index (χ0) is 13.4. The third-order valence-corrected chi connectivity index (χ3v) is 3.45. The lowest BCUT2D eigenvalue weighted by molar-refractivity contribution is -0.0457. The molecule has 0 aromatic carbocycles. The lowest BCUT2D eigenvalue weighted by Gasteiger charge is -2.16. The van der Waals surface area contributed by atoms with E-state index in [0.717, 1.165) is 4.57 Å². The number of ether oxygens (including phenoxy) is 1. The minimum atomic E-state index is -1.09. The van der Waals surface area contributed by atoms with Crippen LogP contribution in [0.4, 0.5) is 5.82 Å². The molecule has 2 heterocycles. The molecule has 0 amide bonds. The molecule has 0 saturated carbocycles. The molecular weight excluding hydrogens is 285 g/mol. The summed E-state index contributed by atoms with van der Waals surface area (Å²) in [5.41, 5.74) is 4.69. The molecule has 1 aliphatic heterocycles. The largest absolute Gasteiger partial charge is 0.394 e. The molecular formula is C9H11Cl2N3O4. The van der Waals surface area contributed by atoms with Crippen LogP contribution >= 0.6 is 23.2 Å². The highest BCUT2D eigenvalue weighted by Gasteiger charge is 2.43. The van der Waals surface area contributed by atoms with Gasteiger partial charge >= 0.3 is 5.69 Å². The van der Waals surface area contributed by atoms with Crippen LogP contribution in [0.1, 0.15) is 6.23 Å². The number of nitrogens with two attached hydrogens (primary N) is 1. The second-order valence-corrected chi connectivity index (χ2v) is 4.76. The summed E-state index contributed by atoms with van der Waals surface area (Å²) in [6.07, 6.45) is -1.68. The summed E-state index contributed by atoms with van der Waals surface area (Å²) >= 11 is 11.7. The van der Waals surface area contributed by atoms with Gasteiger partial charge in [-0.1, -0.05) is 11.6 Å². The van der Waals surface area contributed by atoms with E-state index in [-0.39, 0.29) is 10.8 Å². The van der Waals surface area contributed by atoms with E-state index < -0.39 is 36.1 Å². The maximum atomic E-state index is 11.7. The van der Waals surface area contributed by atoms with Crippen LogP contribution < -0.4 is 11.4 Å². The summed E-state index contributed by atoms with van der Waals surface area (Å²) in [7, 11) is 0. The third kappa shape index (κ3) is 2.19. The summed E-state index contributed by atoms with van der Waals surface area (Å²) in [6.45, 7) is -0.411.